The predicted octanol–water partition coefficient (Wildman–Crippen LogP) is 4.04. The Balaban J connectivity index is 1.22. The maximum absolute atomic E-state index is 13.5. The molecule has 0 aromatic heterocycles. The molecular weight excluding hydrogens is 509 g/mol. The molecule has 2 bridgehead atoms. The monoisotopic (exact) mass is 542 g/mol. The number of carbonyl (C=O) groups is 1. The molecule has 1 amide bonds. The van der Waals surface area contributed by atoms with Crippen LogP contribution in [0.4, 0.5) is 13.2 Å². The first-order valence-corrected chi connectivity index (χ1v) is 13.9. The van der Waals surface area contributed by atoms with E-state index in [9.17, 15) is 28.2 Å². The van der Waals surface area contributed by atoms with E-state index >= 15 is 0 Å². The second kappa shape index (κ2) is 8.36. The van der Waals surface area contributed by atoms with E-state index in [1.807, 2.05) is 6.07 Å². The number of piperidine rings is 1. The van der Waals surface area contributed by atoms with Gasteiger partial charge in [0.25, 0.3) is 0 Å². The van der Waals surface area contributed by atoms with Crippen molar-refractivity contribution in [2.24, 2.45) is 5.92 Å². The Kier molecular flexibility index (Phi) is 5.41. The number of benzene rings is 2. The number of hydrogen-bond donors (Lipinski definition) is 2. The van der Waals surface area contributed by atoms with E-state index in [1.165, 1.54) is 25.0 Å². The zero-order valence-corrected chi connectivity index (χ0v) is 21.9. The van der Waals surface area contributed by atoms with Crippen molar-refractivity contribution in [3.8, 4) is 11.5 Å². The standard InChI is InChI=1S/C30H33F3N2O4/c1-34(24(37)14-18-3-2-4-20(13-18)30(31,32)33)21-9-10-29(38)23-15-19-7-8-22(36)26-25(19)28(29,27(21)39-26)11-12-35(23)16-17-5-6-17/h2-4,7-8,13,17,21,23,27,36,38H,5-6,9-12,14-16H2,1H3/t21?,23-,27?,28+,29-/m1/s1. The minimum absolute atomic E-state index is 0.0374. The number of hydrogen-bond acceptors (Lipinski definition) is 5. The molecule has 3 fully saturated rings. The molecule has 5 atom stereocenters. The lowest BCUT2D eigenvalue weighted by Gasteiger charge is -2.64. The lowest BCUT2D eigenvalue weighted by molar-refractivity contribution is -0.200. The molecule has 2 unspecified atom stereocenters. The lowest BCUT2D eigenvalue weighted by Crippen LogP contribution is -2.78. The third kappa shape index (κ3) is 3.58. The van der Waals surface area contributed by atoms with Gasteiger partial charge in [0.2, 0.25) is 5.91 Å². The summed E-state index contributed by atoms with van der Waals surface area (Å²) in [4.78, 5) is 17.5. The van der Waals surface area contributed by atoms with Gasteiger partial charge in [0.05, 0.1) is 29.0 Å². The molecule has 2 aromatic rings. The highest BCUT2D eigenvalue weighted by Crippen LogP contribution is 2.66. The van der Waals surface area contributed by atoms with E-state index in [0.717, 1.165) is 36.3 Å². The normalized spacial score (nSPS) is 32.9. The van der Waals surface area contributed by atoms with Gasteiger partial charge in [-0.05, 0) is 74.2 Å². The van der Waals surface area contributed by atoms with Crippen LogP contribution in [0.15, 0.2) is 36.4 Å². The second-order valence-corrected chi connectivity index (χ2v) is 12.3. The molecular formula is C30H33F3N2O4. The van der Waals surface area contributed by atoms with E-state index in [-0.39, 0.29) is 24.1 Å². The highest BCUT2D eigenvalue weighted by atomic mass is 19.4. The van der Waals surface area contributed by atoms with Crippen molar-refractivity contribution in [3.63, 3.8) is 0 Å². The number of phenols is 1. The Morgan fingerprint density at radius 3 is 2.72 bits per heavy atom. The quantitative estimate of drug-likeness (QED) is 0.597. The van der Waals surface area contributed by atoms with Gasteiger partial charge < -0.3 is 19.8 Å². The van der Waals surface area contributed by atoms with Gasteiger partial charge in [-0.3, -0.25) is 9.69 Å². The van der Waals surface area contributed by atoms with Crippen LogP contribution in [-0.2, 0) is 29.2 Å². The van der Waals surface area contributed by atoms with Crippen LogP contribution in [0, 0.1) is 5.92 Å². The van der Waals surface area contributed by atoms with Crippen molar-refractivity contribution in [3.05, 3.63) is 58.7 Å². The molecule has 2 heterocycles. The predicted molar refractivity (Wildman–Crippen MR) is 136 cm³/mol. The fourth-order valence-electron chi connectivity index (χ4n) is 8.19. The summed E-state index contributed by atoms with van der Waals surface area (Å²) in [5.41, 5.74) is -0.319. The first-order chi connectivity index (χ1) is 18.5. The summed E-state index contributed by atoms with van der Waals surface area (Å²) in [6, 6.07) is 8.03. The number of aliphatic hydroxyl groups is 1. The van der Waals surface area contributed by atoms with Gasteiger partial charge >= 0.3 is 6.18 Å². The van der Waals surface area contributed by atoms with Crippen LogP contribution in [0.25, 0.3) is 0 Å². The molecule has 7 rings (SSSR count). The fraction of sp³-hybridized carbons (Fsp3) is 0.567. The maximum Gasteiger partial charge on any atom is 0.416 e. The zero-order chi connectivity index (χ0) is 27.3. The molecule has 39 heavy (non-hydrogen) atoms. The molecule has 9 heteroatoms. The number of likely N-dealkylation sites (N-methyl/N-ethyl adjacent to an activating group) is 1. The van der Waals surface area contributed by atoms with Crippen molar-refractivity contribution < 1.29 is 32.9 Å². The molecule has 3 aliphatic carbocycles. The van der Waals surface area contributed by atoms with Crippen LogP contribution in [0.3, 0.4) is 0 Å². The van der Waals surface area contributed by atoms with Crippen molar-refractivity contribution in [2.75, 3.05) is 20.1 Å². The van der Waals surface area contributed by atoms with E-state index in [1.54, 1.807) is 18.0 Å². The highest BCUT2D eigenvalue weighted by molar-refractivity contribution is 5.79. The van der Waals surface area contributed by atoms with E-state index in [0.29, 0.717) is 42.9 Å². The van der Waals surface area contributed by atoms with Gasteiger partial charge in [-0.2, -0.15) is 13.2 Å². The molecule has 2 saturated carbocycles. The van der Waals surface area contributed by atoms with Crippen molar-refractivity contribution in [1.82, 2.24) is 9.80 Å². The van der Waals surface area contributed by atoms with Gasteiger partial charge in [0.1, 0.15) is 6.10 Å². The third-order valence-electron chi connectivity index (χ3n) is 10.2. The summed E-state index contributed by atoms with van der Waals surface area (Å²) in [6.45, 7) is 1.79. The fourth-order valence-corrected chi connectivity index (χ4v) is 8.19. The SMILES string of the molecule is CN(C(=O)Cc1cccc(C(F)(F)F)c1)C1CC[C@@]2(O)[C@H]3Cc4ccc(O)c5c4[C@@]2(CCN3CC2CC2)C1O5. The van der Waals surface area contributed by atoms with E-state index in [4.69, 9.17) is 4.74 Å². The summed E-state index contributed by atoms with van der Waals surface area (Å²) in [5.74, 6) is 0.834. The molecule has 1 spiro atoms. The number of nitrogens with zero attached hydrogens (tertiary/aromatic N) is 2. The van der Waals surface area contributed by atoms with E-state index < -0.39 is 34.9 Å². The largest absolute Gasteiger partial charge is 0.504 e. The lowest BCUT2D eigenvalue weighted by atomic mass is 9.48. The number of phenolic OH excluding ortho intramolecular Hbond substituents is 1. The first-order valence-electron chi connectivity index (χ1n) is 13.9. The van der Waals surface area contributed by atoms with Crippen LogP contribution in [-0.4, -0.2) is 69.8 Å². The minimum atomic E-state index is -4.48. The molecule has 2 aliphatic heterocycles. The van der Waals surface area contributed by atoms with Gasteiger partial charge in [-0.25, -0.2) is 0 Å². The van der Waals surface area contributed by atoms with Crippen LogP contribution in [0.1, 0.15) is 54.4 Å². The summed E-state index contributed by atoms with van der Waals surface area (Å²) in [6.07, 6.45) is -0.396. The Bertz CT molecular complexity index is 1340. The van der Waals surface area contributed by atoms with Crippen LogP contribution in [0.5, 0.6) is 11.5 Å². The van der Waals surface area contributed by atoms with Gasteiger partial charge in [-0.15, -0.1) is 0 Å². The number of likely N-dealkylation sites (tertiary alicyclic amines) is 1. The maximum atomic E-state index is 13.5. The topological polar surface area (TPSA) is 73.2 Å². The van der Waals surface area contributed by atoms with Crippen LogP contribution < -0.4 is 4.74 Å². The van der Waals surface area contributed by atoms with Crippen molar-refractivity contribution in [2.45, 2.75) is 80.3 Å². The Labute approximate surface area is 225 Å². The van der Waals surface area contributed by atoms with E-state index in [2.05, 4.69) is 4.90 Å². The van der Waals surface area contributed by atoms with Crippen molar-refractivity contribution in [1.29, 1.82) is 0 Å². The average molecular weight is 543 g/mol. The molecule has 5 aliphatic rings. The molecule has 0 radical (unpaired) electrons. The van der Waals surface area contributed by atoms with Gasteiger partial charge in [-0.1, -0.05) is 24.3 Å². The summed E-state index contributed by atoms with van der Waals surface area (Å²) in [7, 11) is 1.68. The Morgan fingerprint density at radius 1 is 1.18 bits per heavy atom. The third-order valence-corrected chi connectivity index (χ3v) is 10.2. The number of halogens is 3. The number of aromatic hydroxyl groups is 1. The Hall–Kier alpha value is -2.78. The number of amides is 1. The van der Waals surface area contributed by atoms with Gasteiger partial charge in [0, 0.05) is 25.2 Å². The summed E-state index contributed by atoms with van der Waals surface area (Å²) < 4.78 is 46.2. The summed E-state index contributed by atoms with van der Waals surface area (Å²) >= 11 is 0. The van der Waals surface area contributed by atoms with Crippen molar-refractivity contribution >= 4 is 5.91 Å². The average Bonchev–Trinajstić information content (AvgIpc) is 3.63. The molecule has 2 N–H and O–H groups in total. The minimum Gasteiger partial charge on any atom is -0.504 e. The zero-order valence-electron chi connectivity index (χ0n) is 21.9. The first kappa shape index (κ1) is 25.2. The summed E-state index contributed by atoms with van der Waals surface area (Å²) in [5, 5.41) is 23.4. The smallest absolute Gasteiger partial charge is 0.416 e. The number of alkyl halides is 3. The number of ether oxygens (including phenoxy) is 1. The molecule has 1 saturated heterocycles. The molecule has 208 valence electrons. The van der Waals surface area contributed by atoms with Crippen LogP contribution in [0.2, 0.25) is 0 Å². The highest BCUT2D eigenvalue weighted by Gasteiger charge is 2.73. The molecule has 2 aromatic carbocycles. The Morgan fingerprint density at radius 2 is 1.97 bits per heavy atom. The van der Waals surface area contributed by atoms with Gasteiger partial charge in [0.15, 0.2) is 11.5 Å². The number of carbonyl (C=O) groups excluding carboxylic acids is 1. The molecule has 6 nitrogen and oxygen atoms in total. The second-order valence-electron chi connectivity index (χ2n) is 12.3. The number of rotatable bonds is 5. The van der Waals surface area contributed by atoms with Crippen LogP contribution >= 0.6 is 0 Å².